The minimum Gasteiger partial charge on any atom is -0.234 e. The van der Waals surface area contributed by atoms with Crippen molar-refractivity contribution in [3.8, 4) is 0 Å². The molecular formula is C11H13ClFNOS. The lowest BCUT2D eigenvalue weighted by molar-refractivity contribution is 0.628. The molecule has 0 radical (unpaired) electrons. The van der Waals surface area contributed by atoms with Gasteiger partial charge in [0.2, 0.25) is 0 Å². The Bertz CT molecular complexity index is 440. The van der Waals surface area contributed by atoms with Crippen molar-refractivity contribution in [1.82, 2.24) is 0 Å². The third-order valence-electron chi connectivity index (χ3n) is 1.79. The van der Waals surface area contributed by atoms with Crippen LogP contribution in [0.4, 0.5) is 4.39 Å². The molecule has 2 nitrogen and oxygen atoms in total. The van der Waals surface area contributed by atoms with Gasteiger partial charge in [-0.3, -0.25) is 0 Å². The summed E-state index contributed by atoms with van der Waals surface area (Å²) < 4.78 is 28.1. The number of hydrogen-bond donors (Lipinski definition) is 0. The van der Waals surface area contributed by atoms with E-state index in [4.69, 9.17) is 11.6 Å². The summed E-state index contributed by atoms with van der Waals surface area (Å²) in [6.07, 6.45) is 1.34. The lowest BCUT2D eigenvalue weighted by Crippen LogP contribution is -2.19. The van der Waals surface area contributed by atoms with Crippen molar-refractivity contribution in [2.75, 3.05) is 0 Å². The maximum absolute atomic E-state index is 13.1. The molecule has 0 aliphatic heterocycles. The van der Waals surface area contributed by atoms with Crippen LogP contribution in [0.2, 0.25) is 5.02 Å². The Kier molecular flexibility index (Phi) is 4.21. The summed E-state index contributed by atoms with van der Waals surface area (Å²) in [4.78, 5) is 0. The number of halogens is 2. The molecular weight excluding hydrogens is 249 g/mol. The quantitative estimate of drug-likeness (QED) is 0.751. The molecule has 1 aromatic rings. The van der Waals surface area contributed by atoms with Gasteiger partial charge in [0.25, 0.3) is 0 Å². The average molecular weight is 262 g/mol. The van der Waals surface area contributed by atoms with Crippen molar-refractivity contribution in [1.29, 1.82) is 0 Å². The van der Waals surface area contributed by atoms with Gasteiger partial charge in [0.15, 0.2) is 0 Å². The minimum absolute atomic E-state index is 0.00263. The number of rotatable bonds is 2. The highest BCUT2D eigenvalue weighted by Gasteiger charge is 2.18. The van der Waals surface area contributed by atoms with Gasteiger partial charge in [0.1, 0.15) is 16.8 Å². The van der Waals surface area contributed by atoms with E-state index in [-0.39, 0.29) is 5.02 Å². The molecule has 16 heavy (non-hydrogen) atoms. The molecule has 1 aromatic carbocycles. The van der Waals surface area contributed by atoms with Gasteiger partial charge in [-0.25, -0.2) is 8.60 Å². The maximum atomic E-state index is 13.1. The van der Waals surface area contributed by atoms with Gasteiger partial charge in [0, 0.05) is 11.8 Å². The van der Waals surface area contributed by atoms with E-state index in [0.29, 0.717) is 5.56 Å². The maximum Gasteiger partial charge on any atom is 0.144 e. The Morgan fingerprint density at radius 1 is 1.44 bits per heavy atom. The SMILES string of the molecule is CC(C)(C)[S@@](=O)N=Cc1cccc(F)c1Cl. The molecule has 0 unspecified atom stereocenters. The zero-order valence-electron chi connectivity index (χ0n) is 9.33. The Labute approximate surface area is 102 Å². The van der Waals surface area contributed by atoms with Crippen LogP contribution >= 0.6 is 11.6 Å². The first-order chi connectivity index (χ1) is 7.32. The summed E-state index contributed by atoms with van der Waals surface area (Å²) in [5.74, 6) is -0.507. The van der Waals surface area contributed by atoms with Gasteiger partial charge in [-0.2, -0.15) is 4.40 Å². The van der Waals surface area contributed by atoms with Crippen molar-refractivity contribution in [3.05, 3.63) is 34.6 Å². The van der Waals surface area contributed by atoms with E-state index in [9.17, 15) is 8.60 Å². The molecule has 0 aromatic heterocycles. The average Bonchev–Trinajstić information content (AvgIpc) is 2.18. The highest BCUT2D eigenvalue weighted by atomic mass is 35.5. The molecule has 0 aliphatic carbocycles. The van der Waals surface area contributed by atoms with E-state index >= 15 is 0 Å². The van der Waals surface area contributed by atoms with Crippen molar-refractivity contribution < 1.29 is 8.60 Å². The molecule has 0 heterocycles. The van der Waals surface area contributed by atoms with Crippen LogP contribution in [0, 0.1) is 5.82 Å². The van der Waals surface area contributed by atoms with E-state index in [2.05, 4.69) is 4.40 Å². The summed E-state index contributed by atoms with van der Waals surface area (Å²) in [5, 5.41) is -0.00263. The molecule has 0 fully saturated rings. The third kappa shape index (κ3) is 3.39. The first-order valence-electron chi connectivity index (χ1n) is 4.72. The lowest BCUT2D eigenvalue weighted by Gasteiger charge is -2.12. The zero-order valence-corrected chi connectivity index (χ0v) is 10.9. The summed E-state index contributed by atoms with van der Waals surface area (Å²) in [6, 6.07) is 4.41. The van der Waals surface area contributed by atoms with Crippen LogP contribution in [0.3, 0.4) is 0 Å². The number of hydrogen-bond acceptors (Lipinski definition) is 1. The molecule has 0 bridgehead atoms. The third-order valence-corrected chi connectivity index (χ3v) is 3.54. The minimum atomic E-state index is -1.36. The Balaban J connectivity index is 2.94. The molecule has 0 spiro atoms. The van der Waals surface area contributed by atoms with E-state index < -0.39 is 21.5 Å². The van der Waals surface area contributed by atoms with Gasteiger partial charge < -0.3 is 0 Å². The predicted octanol–water partition coefficient (Wildman–Crippen LogP) is 3.36. The van der Waals surface area contributed by atoms with Crippen molar-refractivity contribution in [3.63, 3.8) is 0 Å². The van der Waals surface area contributed by atoms with Crippen LogP contribution in [0.15, 0.2) is 22.6 Å². The van der Waals surface area contributed by atoms with Crippen LogP contribution in [-0.2, 0) is 11.0 Å². The first-order valence-corrected chi connectivity index (χ1v) is 6.21. The van der Waals surface area contributed by atoms with E-state index in [1.54, 1.807) is 6.07 Å². The Morgan fingerprint density at radius 3 is 2.62 bits per heavy atom. The van der Waals surface area contributed by atoms with Crippen molar-refractivity contribution in [2.24, 2.45) is 4.40 Å². The molecule has 0 saturated carbocycles. The molecule has 0 N–H and O–H groups in total. The molecule has 1 rings (SSSR count). The molecule has 1 atom stereocenters. The second-order valence-electron chi connectivity index (χ2n) is 4.24. The fourth-order valence-corrected chi connectivity index (χ4v) is 1.58. The lowest BCUT2D eigenvalue weighted by atomic mass is 10.2. The summed E-state index contributed by atoms with van der Waals surface area (Å²) >= 11 is 5.73. The van der Waals surface area contributed by atoms with Gasteiger partial charge in [-0.15, -0.1) is 0 Å². The molecule has 0 aliphatic rings. The second-order valence-corrected chi connectivity index (χ2v) is 6.55. The van der Waals surface area contributed by atoms with Crippen LogP contribution < -0.4 is 0 Å². The molecule has 0 amide bonds. The Morgan fingerprint density at radius 2 is 2.06 bits per heavy atom. The normalized spacial score (nSPS) is 14.3. The molecule has 88 valence electrons. The smallest absolute Gasteiger partial charge is 0.144 e. The fourth-order valence-electron chi connectivity index (χ4n) is 0.883. The largest absolute Gasteiger partial charge is 0.234 e. The van der Waals surface area contributed by atoms with Gasteiger partial charge in [0.05, 0.1) is 9.77 Å². The number of benzene rings is 1. The zero-order chi connectivity index (χ0) is 12.3. The van der Waals surface area contributed by atoms with Crippen LogP contribution in [-0.4, -0.2) is 15.2 Å². The monoisotopic (exact) mass is 261 g/mol. The van der Waals surface area contributed by atoms with Gasteiger partial charge in [-0.1, -0.05) is 23.7 Å². The number of nitrogens with zero attached hydrogens (tertiary/aromatic N) is 1. The van der Waals surface area contributed by atoms with Gasteiger partial charge in [-0.05, 0) is 26.8 Å². The summed E-state index contributed by atoms with van der Waals surface area (Å²) in [6.45, 7) is 5.44. The van der Waals surface area contributed by atoms with Crippen molar-refractivity contribution >= 4 is 28.8 Å². The van der Waals surface area contributed by atoms with Crippen LogP contribution in [0.1, 0.15) is 26.3 Å². The fraction of sp³-hybridized carbons (Fsp3) is 0.364. The van der Waals surface area contributed by atoms with E-state index in [1.165, 1.54) is 18.3 Å². The van der Waals surface area contributed by atoms with Gasteiger partial charge >= 0.3 is 0 Å². The summed E-state index contributed by atoms with van der Waals surface area (Å²) in [7, 11) is -1.36. The second kappa shape index (κ2) is 5.06. The standard InChI is InChI=1S/C11H13ClFNOS/c1-11(2,3)16(15)14-7-8-5-4-6-9(13)10(8)12/h4-7H,1-3H3/t16-/m1/s1. The molecule has 0 saturated heterocycles. The molecule has 5 heteroatoms. The first kappa shape index (κ1) is 13.3. The highest BCUT2D eigenvalue weighted by Crippen LogP contribution is 2.19. The topological polar surface area (TPSA) is 29.4 Å². The Hall–Kier alpha value is -0.740. The van der Waals surface area contributed by atoms with Crippen molar-refractivity contribution in [2.45, 2.75) is 25.5 Å². The summed E-state index contributed by atoms with van der Waals surface area (Å²) in [5.41, 5.74) is 0.430. The van der Waals surface area contributed by atoms with Crippen LogP contribution in [0.5, 0.6) is 0 Å². The predicted molar refractivity (Wildman–Crippen MR) is 66.9 cm³/mol. The van der Waals surface area contributed by atoms with Crippen LogP contribution in [0.25, 0.3) is 0 Å². The van der Waals surface area contributed by atoms with E-state index in [0.717, 1.165) is 0 Å². The van der Waals surface area contributed by atoms with E-state index in [1.807, 2.05) is 20.8 Å². The highest BCUT2D eigenvalue weighted by molar-refractivity contribution is 7.85.